The van der Waals surface area contributed by atoms with E-state index in [1.807, 2.05) is 25.1 Å². The highest BCUT2D eigenvalue weighted by Gasteiger charge is 2.37. The van der Waals surface area contributed by atoms with Gasteiger partial charge in [0.1, 0.15) is 23.1 Å². The normalized spacial score (nSPS) is 17.1. The zero-order chi connectivity index (χ0) is 25.0. The lowest BCUT2D eigenvalue weighted by molar-refractivity contribution is 0.240. The molecule has 5 aromatic rings. The average molecular weight is 489 g/mol. The van der Waals surface area contributed by atoms with Gasteiger partial charge in [-0.05, 0) is 50.1 Å². The van der Waals surface area contributed by atoms with E-state index in [1.165, 1.54) is 30.5 Å². The number of H-pyrrole nitrogens is 2. The van der Waals surface area contributed by atoms with Gasteiger partial charge in [0.05, 0.1) is 17.7 Å². The predicted molar refractivity (Wildman–Crippen MR) is 130 cm³/mol. The summed E-state index contributed by atoms with van der Waals surface area (Å²) in [7, 11) is 0. The minimum Gasteiger partial charge on any atom is -0.493 e. The first-order chi connectivity index (χ1) is 17.3. The maximum Gasteiger partial charge on any atom is 0.199 e. The van der Waals surface area contributed by atoms with E-state index in [4.69, 9.17) is 9.47 Å². The maximum absolute atomic E-state index is 14.9. The van der Waals surface area contributed by atoms with E-state index in [0.29, 0.717) is 12.1 Å². The molecule has 3 heterocycles. The van der Waals surface area contributed by atoms with Crippen LogP contribution in [0.15, 0.2) is 60.9 Å². The average Bonchev–Trinajstić information content (AvgIpc) is 3.54. The number of ether oxygens (including phenoxy) is 2. The van der Waals surface area contributed by atoms with Crippen LogP contribution in [0.1, 0.15) is 30.2 Å². The van der Waals surface area contributed by atoms with Crippen molar-refractivity contribution >= 4 is 10.9 Å². The van der Waals surface area contributed by atoms with E-state index in [2.05, 4.69) is 21.9 Å². The summed E-state index contributed by atoms with van der Waals surface area (Å²) >= 11 is 0. The van der Waals surface area contributed by atoms with Crippen LogP contribution in [0.25, 0.3) is 22.3 Å². The lowest BCUT2D eigenvalue weighted by atomic mass is 9.75. The molecule has 5 nitrogen and oxygen atoms in total. The lowest BCUT2D eigenvalue weighted by Crippen LogP contribution is -2.31. The van der Waals surface area contributed by atoms with E-state index in [-0.39, 0.29) is 22.5 Å². The Hall–Kier alpha value is -4.20. The second kappa shape index (κ2) is 8.19. The SMILES string of the molecule is Cc1cccc2c1OCCC2(C)c1cnc(-c2cc(Oc3c(F)cc4[nH]ccc4c3F)ccc2F)[nH]1. The van der Waals surface area contributed by atoms with E-state index < -0.39 is 28.6 Å². The van der Waals surface area contributed by atoms with Crippen LogP contribution < -0.4 is 9.47 Å². The molecular weight excluding hydrogens is 467 g/mol. The molecule has 3 aromatic carbocycles. The second-order valence-electron chi connectivity index (χ2n) is 9.21. The molecule has 1 aliphatic heterocycles. The summed E-state index contributed by atoms with van der Waals surface area (Å²) in [5.41, 5.74) is 2.93. The van der Waals surface area contributed by atoms with Gasteiger partial charge in [-0.3, -0.25) is 0 Å². The molecule has 0 radical (unpaired) electrons. The zero-order valence-electron chi connectivity index (χ0n) is 19.6. The van der Waals surface area contributed by atoms with Gasteiger partial charge in [-0.2, -0.15) is 0 Å². The van der Waals surface area contributed by atoms with Gasteiger partial charge in [0.15, 0.2) is 17.4 Å². The Morgan fingerprint density at radius 2 is 1.92 bits per heavy atom. The quantitative estimate of drug-likeness (QED) is 0.281. The summed E-state index contributed by atoms with van der Waals surface area (Å²) in [4.78, 5) is 10.5. The smallest absolute Gasteiger partial charge is 0.199 e. The summed E-state index contributed by atoms with van der Waals surface area (Å²) < 4.78 is 55.8. The molecular formula is C28H22F3N3O2. The van der Waals surface area contributed by atoms with Crippen LogP contribution in [0.4, 0.5) is 13.2 Å². The molecule has 8 heteroatoms. The summed E-state index contributed by atoms with van der Waals surface area (Å²) in [6.45, 7) is 4.65. The molecule has 2 aromatic heterocycles. The number of para-hydroxylation sites is 1. The fourth-order valence-electron chi connectivity index (χ4n) is 4.86. The molecule has 0 saturated carbocycles. The van der Waals surface area contributed by atoms with E-state index in [1.54, 1.807) is 6.20 Å². The number of nitrogens with zero attached hydrogens (tertiary/aromatic N) is 1. The molecule has 6 rings (SSSR count). The molecule has 2 N–H and O–H groups in total. The molecule has 0 aliphatic carbocycles. The molecule has 1 aliphatic rings. The number of imidazole rings is 1. The first-order valence-electron chi connectivity index (χ1n) is 11.6. The van der Waals surface area contributed by atoms with E-state index in [9.17, 15) is 13.2 Å². The first kappa shape index (κ1) is 22.3. The Kier molecular flexibility index (Phi) is 5.07. The third-order valence-corrected chi connectivity index (χ3v) is 6.94. The summed E-state index contributed by atoms with van der Waals surface area (Å²) in [5, 5.41) is 0.199. The molecule has 182 valence electrons. The minimum atomic E-state index is -0.866. The van der Waals surface area contributed by atoms with Crippen LogP contribution in [0, 0.1) is 24.4 Å². The number of aryl methyl sites for hydroxylation is 1. The summed E-state index contributed by atoms with van der Waals surface area (Å²) in [5.74, 6) is -1.58. The van der Waals surface area contributed by atoms with E-state index in [0.717, 1.165) is 35.1 Å². The standard InChI is InChI=1S/C28H22F3N3O2/c1-15-4-3-5-19-25(15)35-11-9-28(19,2)23-14-33-27(34-23)18-12-16(6-7-20(18)29)36-26-21(30)13-22-17(24(26)31)8-10-32-22/h3-8,10,12-14,32H,9,11H2,1-2H3,(H,33,34). The van der Waals surface area contributed by atoms with Gasteiger partial charge in [-0.15, -0.1) is 0 Å². The maximum atomic E-state index is 14.9. The van der Waals surface area contributed by atoms with Gasteiger partial charge in [0.2, 0.25) is 0 Å². The topological polar surface area (TPSA) is 62.9 Å². The third kappa shape index (κ3) is 3.44. The van der Waals surface area contributed by atoms with Gasteiger partial charge in [0.25, 0.3) is 0 Å². The van der Waals surface area contributed by atoms with E-state index >= 15 is 0 Å². The van der Waals surface area contributed by atoms with Crippen molar-refractivity contribution in [3.05, 3.63) is 95.2 Å². The molecule has 0 fully saturated rings. The van der Waals surface area contributed by atoms with Crippen LogP contribution in [0.2, 0.25) is 0 Å². The number of aromatic amines is 2. The van der Waals surface area contributed by atoms with Gasteiger partial charge >= 0.3 is 0 Å². The third-order valence-electron chi connectivity index (χ3n) is 6.94. The molecule has 0 saturated heterocycles. The van der Waals surface area contributed by atoms with Crippen LogP contribution in [0.3, 0.4) is 0 Å². The number of nitrogens with one attached hydrogen (secondary N) is 2. The zero-order valence-corrected chi connectivity index (χ0v) is 19.6. The van der Waals surface area contributed by atoms with Gasteiger partial charge in [-0.1, -0.05) is 18.2 Å². The Balaban J connectivity index is 1.37. The van der Waals surface area contributed by atoms with Crippen LogP contribution in [0.5, 0.6) is 17.2 Å². The Morgan fingerprint density at radius 3 is 2.78 bits per heavy atom. The highest BCUT2D eigenvalue weighted by atomic mass is 19.1. The summed E-state index contributed by atoms with van der Waals surface area (Å²) in [6.07, 6.45) is 3.93. The van der Waals surface area contributed by atoms with Crippen molar-refractivity contribution in [2.75, 3.05) is 6.61 Å². The number of halogens is 3. The number of fused-ring (bicyclic) bond motifs is 2. The highest BCUT2D eigenvalue weighted by Crippen LogP contribution is 2.44. The molecule has 36 heavy (non-hydrogen) atoms. The van der Waals surface area contributed by atoms with Crippen molar-refractivity contribution in [1.82, 2.24) is 15.0 Å². The van der Waals surface area contributed by atoms with Crippen molar-refractivity contribution in [2.45, 2.75) is 25.7 Å². The van der Waals surface area contributed by atoms with Crippen molar-refractivity contribution < 1.29 is 22.6 Å². The Bertz CT molecular complexity index is 1620. The molecule has 0 spiro atoms. The van der Waals surface area contributed by atoms with Gasteiger partial charge in [-0.25, -0.2) is 18.2 Å². The minimum absolute atomic E-state index is 0.0790. The van der Waals surface area contributed by atoms with Crippen LogP contribution in [-0.2, 0) is 5.41 Å². The van der Waals surface area contributed by atoms with Crippen molar-refractivity contribution in [2.24, 2.45) is 0 Å². The monoisotopic (exact) mass is 489 g/mol. The van der Waals surface area contributed by atoms with Gasteiger partial charge in [0, 0.05) is 40.5 Å². The number of hydrogen-bond donors (Lipinski definition) is 2. The second-order valence-corrected chi connectivity index (χ2v) is 9.21. The largest absolute Gasteiger partial charge is 0.493 e. The highest BCUT2D eigenvalue weighted by molar-refractivity contribution is 5.82. The molecule has 1 unspecified atom stereocenters. The Labute approximate surface area is 204 Å². The van der Waals surface area contributed by atoms with Crippen LogP contribution in [-0.4, -0.2) is 21.6 Å². The Morgan fingerprint density at radius 1 is 1.06 bits per heavy atom. The van der Waals surface area contributed by atoms with Crippen LogP contribution >= 0.6 is 0 Å². The number of aromatic nitrogens is 3. The number of rotatable bonds is 4. The van der Waals surface area contributed by atoms with Crippen molar-refractivity contribution in [3.8, 4) is 28.6 Å². The van der Waals surface area contributed by atoms with Gasteiger partial charge < -0.3 is 19.4 Å². The first-order valence-corrected chi connectivity index (χ1v) is 11.6. The van der Waals surface area contributed by atoms with Crippen molar-refractivity contribution in [3.63, 3.8) is 0 Å². The molecule has 1 atom stereocenters. The number of benzene rings is 3. The van der Waals surface area contributed by atoms with Crippen molar-refractivity contribution in [1.29, 1.82) is 0 Å². The fourth-order valence-corrected chi connectivity index (χ4v) is 4.86. The molecule has 0 bridgehead atoms. The number of hydrogen-bond acceptors (Lipinski definition) is 3. The predicted octanol–water partition coefficient (Wildman–Crippen LogP) is 7.16. The fraction of sp³-hybridized carbons (Fsp3) is 0.179. The molecule has 0 amide bonds. The lowest BCUT2D eigenvalue weighted by Gasteiger charge is -2.35. The summed E-state index contributed by atoms with van der Waals surface area (Å²) in [6, 6.07) is 12.6.